The normalized spacial score (nSPS) is 14.1. The van der Waals surface area contributed by atoms with Gasteiger partial charge in [0, 0.05) is 39.1 Å². The molecule has 7 nitrogen and oxygen atoms in total. The first-order valence-corrected chi connectivity index (χ1v) is 18.0. The molecule has 0 bridgehead atoms. The van der Waals surface area contributed by atoms with E-state index in [-0.39, 0.29) is 29.8 Å². The van der Waals surface area contributed by atoms with Gasteiger partial charge in [-0.05, 0) is 66.9 Å². The molecule has 0 aromatic heterocycles. The third-order valence-corrected chi connectivity index (χ3v) is 11.1. The van der Waals surface area contributed by atoms with Crippen molar-refractivity contribution in [1.82, 2.24) is 10.2 Å². The Bertz CT molecular complexity index is 1730. The Morgan fingerprint density at radius 3 is 2.02 bits per heavy atom. The number of nitrogens with zero attached hydrogens (tertiary/aromatic N) is 2. The Balaban J connectivity index is 1.58. The molecule has 0 radical (unpaired) electrons. The van der Waals surface area contributed by atoms with Gasteiger partial charge in [-0.25, -0.2) is 8.42 Å². The molecule has 0 aliphatic heterocycles. The van der Waals surface area contributed by atoms with Crippen LogP contribution in [0.1, 0.15) is 36.8 Å². The highest BCUT2D eigenvalue weighted by Crippen LogP contribution is 2.30. The fourth-order valence-electron chi connectivity index (χ4n) is 5.63. The van der Waals surface area contributed by atoms with Gasteiger partial charge >= 0.3 is 0 Å². The Morgan fingerprint density at radius 1 is 0.826 bits per heavy atom. The summed E-state index contributed by atoms with van der Waals surface area (Å²) in [6.07, 6.45) is 3.97. The van der Waals surface area contributed by atoms with Gasteiger partial charge in [-0.15, -0.1) is 0 Å². The van der Waals surface area contributed by atoms with Crippen LogP contribution in [0.15, 0.2) is 112 Å². The molecular formula is C35H34BrCl2N3O4S. The highest BCUT2D eigenvalue weighted by Gasteiger charge is 2.36. The Hall–Kier alpha value is -3.37. The van der Waals surface area contributed by atoms with Crippen molar-refractivity contribution in [3.63, 3.8) is 0 Å². The number of rotatable bonds is 12. The number of anilines is 1. The minimum Gasteiger partial charge on any atom is -0.352 e. The van der Waals surface area contributed by atoms with Gasteiger partial charge in [0.1, 0.15) is 12.6 Å². The highest BCUT2D eigenvalue weighted by molar-refractivity contribution is 9.10. The first kappa shape index (κ1) is 34.0. The summed E-state index contributed by atoms with van der Waals surface area (Å²) in [5, 5.41) is 3.83. The van der Waals surface area contributed by atoms with Gasteiger partial charge < -0.3 is 10.2 Å². The minimum atomic E-state index is -4.19. The molecule has 46 heavy (non-hydrogen) atoms. The molecule has 0 unspecified atom stereocenters. The zero-order chi connectivity index (χ0) is 32.7. The van der Waals surface area contributed by atoms with Gasteiger partial charge in [-0.2, -0.15) is 0 Å². The van der Waals surface area contributed by atoms with Crippen molar-refractivity contribution in [2.45, 2.75) is 55.6 Å². The number of carbonyl (C=O) groups excluding carboxylic acids is 2. The second-order valence-corrected chi connectivity index (χ2v) is 14.8. The summed E-state index contributed by atoms with van der Waals surface area (Å²) >= 11 is 16.6. The fraction of sp³-hybridized carbons (Fsp3) is 0.257. The van der Waals surface area contributed by atoms with Gasteiger partial charge in [0.15, 0.2) is 0 Å². The van der Waals surface area contributed by atoms with Crippen LogP contribution in [0.25, 0.3) is 0 Å². The van der Waals surface area contributed by atoms with Crippen LogP contribution in [0.5, 0.6) is 0 Å². The topological polar surface area (TPSA) is 86.8 Å². The summed E-state index contributed by atoms with van der Waals surface area (Å²) in [7, 11) is -4.19. The standard InChI is InChI=1S/C35H34BrCl2N3O4S/c36-26-18-20-28(21-19-26)41(46(44,45)29-14-5-2-6-15-29)24-34(42)40(23-30-31(37)16-9-17-32(30)38)33(22-25-10-3-1-4-11-25)35(43)39-27-12-7-8-13-27/h1-6,9-11,14-21,27,33H,7-8,12-13,22-24H2,(H,39,43)/t33-/m1/s1. The second-order valence-electron chi connectivity index (χ2n) is 11.2. The number of carbonyl (C=O) groups is 2. The van der Waals surface area contributed by atoms with Crippen molar-refractivity contribution in [3.05, 3.63) is 129 Å². The molecule has 2 amide bonds. The molecule has 1 atom stereocenters. The molecule has 1 aliphatic carbocycles. The molecule has 1 saturated carbocycles. The molecule has 1 N–H and O–H groups in total. The zero-order valence-electron chi connectivity index (χ0n) is 25.0. The lowest BCUT2D eigenvalue weighted by atomic mass is 10.0. The van der Waals surface area contributed by atoms with Gasteiger partial charge in [0.25, 0.3) is 10.0 Å². The molecule has 0 spiro atoms. The molecule has 0 saturated heterocycles. The quantitative estimate of drug-likeness (QED) is 0.162. The molecule has 0 heterocycles. The van der Waals surface area contributed by atoms with Gasteiger partial charge in [-0.1, -0.05) is 107 Å². The number of amides is 2. The van der Waals surface area contributed by atoms with Gasteiger partial charge in [0.2, 0.25) is 11.8 Å². The van der Waals surface area contributed by atoms with E-state index < -0.39 is 28.5 Å². The Kier molecular flexibility index (Phi) is 11.4. The van der Waals surface area contributed by atoms with Crippen LogP contribution >= 0.6 is 39.1 Å². The van der Waals surface area contributed by atoms with E-state index in [1.165, 1.54) is 17.0 Å². The van der Waals surface area contributed by atoms with E-state index in [2.05, 4.69) is 21.2 Å². The van der Waals surface area contributed by atoms with E-state index >= 15 is 0 Å². The lowest BCUT2D eigenvalue weighted by Crippen LogP contribution is -2.54. The molecule has 240 valence electrons. The smallest absolute Gasteiger partial charge is 0.264 e. The molecule has 4 aromatic carbocycles. The monoisotopic (exact) mass is 741 g/mol. The lowest BCUT2D eigenvalue weighted by molar-refractivity contribution is -0.140. The van der Waals surface area contributed by atoms with Gasteiger partial charge in [0.05, 0.1) is 10.6 Å². The third kappa shape index (κ3) is 8.31. The minimum absolute atomic E-state index is 0.00403. The third-order valence-electron chi connectivity index (χ3n) is 8.09. The van der Waals surface area contributed by atoms with Crippen LogP contribution in [-0.2, 0) is 32.6 Å². The summed E-state index contributed by atoms with van der Waals surface area (Å²) in [6, 6.07) is 28.1. The molecule has 11 heteroatoms. The van der Waals surface area contributed by atoms with E-state index in [1.54, 1.807) is 60.7 Å². The zero-order valence-corrected chi connectivity index (χ0v) is 28.9. The van der Waals surface area contributed by atoms with Crippen molar-refractivity contribution in [3.8, 4) is 0 Å². The molecule has 1 fully saturated rings. The van der Waals surface area contributed by atoms with Crippen LogP contribution in [0, 0.1) is 0 Å². The van der Waals surface area contributed by atoms with E-state index in [0.717, 1.165) is 40.0 Å². The van der Waals surface area contributed by atoms with Crippen LogP contribution < -0.4 is 9.62 Å². The van der Waals surface area contributed by atoms with E-state index in [0.29, 0.717) is 21.3 Å². The first-order valence-electron chi connectivity index (χ1n) is 15.0. The van der Waals surface area contributed by atoms with Crippen molar-refractivity contribution < 1.29 is 18.0 Å². The van der Waals surface area contributed by atoms with Crippen molar-refractivity contribution >= 4 is 66.7 Å². The predicted octanol–water partition coefficient (Wildman–Crippen LogP) is 7.65. The van der Waals surface area contributed by atoms with Crippen molar-refractivity contribution in [2.24, 2.45) is 0 Å². The Morgan fingerprint density at radius 2 is 1.41 bits per heavy atom. The second kappa shape index (κ2) is 15.5. The molecule has 4 aromatic rings. The maximum absolute atomic E-state index is 14.6. The predicted molar refractivity (Wildman–Crippen MR) is 186 cm³/mol. The first-order chi connectivity index (χ1) is 22.1. The summed E-state index contributed by atoms with van der Waals surface area (Å²) in [4.78, 5) is 30.2. The van der Waals surface area contributed by atoms with Crippen molar-refractivity contribution in [2.75, 3.05) is 10.8 Å². The lowest BCUT2D eigenvalue weighted by Gasteiger charge is -2.34. The number of sulfonamides is 1. The number of benzene rings is 4. The fourth-order valence-corrected chi connectivity index (χ4v) is 7.85. The molecule has 1 aliphatic rings. The maximum Gasteiger partial charge on any atom is 0.264 e. The summed E-state index contributed by atoms with van der Waals surface area (Å²) in [5.74, 6) is -0.894. The number of halogens is 3. The van der Waals surface area contributed by atoms with Crippen LogP contribution in [0.3, 0.4) is 0 Å². The van der Waals surface area contributed by atoms with E-state index in [9.17, 15) is 18.0 Å². The average Bonchev–Trinajstić information content (AvgIpc) is 3.57. The van der Waals surface area contributed by atoms with Crippen LogP contribution in [-0.4, -0.2) is 43.8 Å². The Labute approximate surface area is 288 Å². The summed E-state index contributed by atoms with van der Waals surface area (Å²) in [5.41, 5.74) is 1.61. The number of hydrogen-bond acceptors (Lipinski definition) is 4. The molecule has 5 rings (SSSR count). The summed E-state index contributed by atoms with van der Waals surface area (Å²) in [6.45, 7) is -0.671. The van der Waals surface area contributed by atoms with Crippen molar-refractivity contribution in [1.29, 1.82) is 0 Å². The number of hydrogen-bond donors (Lipinski definition) is 1. The SMILES string of the molecule is O=C(NC1CCCC1)[C@@H](Cc1ccccc1)N(Cc1c(Cl)cccc1Cl)C(=O)CN(c1ccc(Br)cc1)S(=O)(=O)c1ccccc1. The number of nitrogens with one attached hydrogen (secondary N) is 1. The highest BCUT2D eigenvalue weighted by atomic mass is 79.9. The summed E-state index contributed by atoms with van der Waals surface area (Å²) < 4.78 is 30.0. The maximum atomic E-state index is 14.6. The van der Waals surface area contributed by atoms with E-state index in [4.69, 9.17) is 23.2 Å². The van der Waals surface area contributed by atoms with Crippen LogP contribution in [0.2, 0.25) is 10.0 Å². The van der Waals surface area contributed by atoms with E-state index in [1.807, 2.05) is 30.3 Å². The van der Waals surface area contributed by atoms with Crippen LogP contribution in [0.4, 0.5) is 5.69 Å². The largest absolute Gasteiger partial charge is 0.352 e. The van der Waals surface area contributed by atoms with Gasteiger partial charge in [-0.3, -0.25) is 13.9 Å². The molecular weight excluding hydrogens is 709 g/mol. The average molecular weight is 744 g/mol.